The van der Waals surface area contributed by atoms with Crippen LogP contribution in [0.1, 0.15) is 49.9 Å². The van der Waals surface area contributed by atoms with Crippen LogP contribution in [0, 0.1) is 0 Å². The topological polar surface area (TPSA) is 84.9 Å². The fourth-order valence-corrected chi connectivity index (χ4v) is 2.74. The van der Waals surface area contributed by atoms with Gasteiger partial charge in [0, 0.05) is 12.2 Å². The molecule has 1 aromatic rings. The van der Waals surface area contributed by atoms with Crippen molar-refractivity contribution in [2.75, 3.05) is 13.2 Å². The first kappa shape index (κ1) is 18.3. The predicted octanol–water partition coefficient (Wildman–Crippen LogP) is 2.62. The van der Waals surface area contributed by atoms with Gasteiger partial charge in [-0.1, -0.05) is 19.4 Å². The summed E-state index contributed by atoms with van der Waals surface area (Å²) in [5.41, 5.74) is -0.899. The SMILES string of the molecule is CCCC(C)(NC(=O)c1cccc(OCC2CCCO2)c1)C(=O)O. The molecule has 0 spiro atoms. The molecule has 24 heavy (non-hydrogen) atoms. The minimum atomic E-state index is -1.28. The van der Waals surface area contributed by atoms with Gasteiger partial charge in [-0.15, -0.1) is 0 Å². The summed E-state index contributed by atoms with van der Waals surface area (Å²) in [5.74, 6) is -0.884. The molecule has 1 aliphatic heterocycles. The molecule has 1 heterocycles. The lowest BCUT2D eigenvalue weighted by Gasteiger charge is -2.25. The summed E-state index contributed by atoms with van der Waals surface area (Å²) in [4.78, 5) is 23.8. The van der Waals surface area contributed by atoms with Gasteiger partial charge < -0.3 is 19.9 Å². The van der Waals surface area contributed by atoms with E-state index in [1.165, 1.54) is 6.92 Å². The highest BCUT2D eigenvalue weighted by Gasteiger charge is 2.34. The Morgan fingerprint density at radius 1 is 1.46 bits per heavy atom. The largest absolute Gasteiger partial charge is 0.491 e. The summed E-state index contributed by atoms with van der Waals surface area (Å²) in [6.07, 6.45) is 3.15. The summed E-state index contributed by atoms with van der Waals surface area (Å²) in [7, 11) is 0. The summed E-state index contributed by atoms with van der Waals surface area (Å²) < 4.78 is 11.2. The van der Waals surface area contributed by atoms with E-state index in [2.05, 4.69) is 5.32 Å². The van der Waals surface area contributed by atoms with Crippen LogP contribution in [0.3, 0.4) is 0 Å². The van der Waals surface area contributed by atoms with Crippen LogP contribution in [0.25, 0.3) is 0 Å². The van der Waals surface area contributed by atoms with Crippen LogP contribution in [0.15, 0.2) is 24.3 Å². The number of amides is 1. The molecule has 2 unspecified atom stereocenters. The quantitative estimate of drug-likeness (QED) is 0.763. The Hall–Kier alpha value is -2.08. The molecule has 0 aliphatic carbocycles. The van der Waals surface area contributed by atoms with Gasteiger partial charge in [-0.05, 0) is 44.4 Å². The Balaban J connectivity index is 2.01. The average molecular weight is 335 g/mol. The number of ether oxygens (including phenoxy) is 2. The van der Waals surface area contributed by atoms with Crippen LogP contribution in [-0.2, 0) is 9.53 Å². The van der Waals surface area contributed by atoms with Gasteiger partial charge in [-0.2, -0.15) is 0 Å². The van der Waals surface area contributed by atoms with Gasteiger partial charge in [-0.3, -0.25) is 4.79 Å². The number of carbonyl (C=O) groups excluding carboxylic acids is 1. The molecule has 0 saturated carbocycles. The number of hydrogen-bond donors (Lipinski definition) is 2. The molecule has 0 radical (unpaired) electrons. The van der Waals surface area contributed by atoms with E-state index < -0.39 is 17.4 Å². The fraction of sp³-hybridized carbons (Fsp3) is 0.556. The molecule has 1 saturated heterocycles. The third kappa shape index (κ3) is 4.71. The van der Waals surface area contributed by atoms with Crippen molar-refractivity contribution in [1.82, 2.24) is 5.32 Å². The van der Waals surface area contributed by atoms with Crippen LogP contribution in [-0.4, -0.2) is 41.8 Å². The Bertz CT molecular complexity index is 583. The van der Waals surface area contributed by atoms with E-state index in [1.54, 1.807) is 24.3 Å². The first-order valence-corrected chi connectivity index (χ1v) is 8.35. The standard InChI is InChI=1S/C18H25NO5/c1-3-9-18(2,17(21)22)19-16(20)13-6-4-7-14(11-13)24-12-15-8-5-10-23-15/h4,6-7,11,15H,3,5,8-10,12H2,1-2H3,(H,19,20)(H,21,22). The smallest absolute Gasteiger partial charge is 0.329 e. The third-order valence-electron chi connectivity index (χ3n) is 4.17. The van der Waals surface area contributed by atoms with Crippen LogP contribution < -0.4 is 10.1 Å². The lowest BCUT2D eigenvalue weighted by Crippen LogP contribution is -2.52. The second-order valence-corrected chi connectivity index (χ2v) is 6.32. The Morgan fingerprint density at radius 3 is 2.88 bits per heavy atom. The fourth-order valence-electron chi connectivity index (χ4n) is 2.74. The summed E-state index contributed by atoms with van der Waals surface area (Å²) in [6.45, 7) is 4.62. The second kappa shape index (κ2) is 8.15. The minimum Gasteiger partial charge on any atom is -0.491 e. The van der Waals surface area contributed by atoms with Crippen molar-refractivity contribution in [2.24, 2.45) is 0 Å². The van der Waals surface area contributed by atoms with E-state index in [0.717, 1.165) is 19.4 Å². The predicted molar refractivity (Wildman–Crippen MR) is 89.3 cm³/mol. The van der Waals surface area contributed by atoms with Crippen LogP contribution in [0.5, 0.6) is 5.75 Å². The summed E-state index contributed by atoms with van der Waals surface area (Å²) >= 11 is 0. The van der Waals surface area contributed by atoms with Crippen molar-refractivity contribution >= 4 is 11.9 Å². The zero-order chi connectivity index (χ0) is 17.6. The van der Waals surface area contributed by atoms with Crippen molar-refractivity contribution in [1.29, 1.82) is 0 Å². The highest BCUT2D eigenvalue weighted by molar-refractivity contribution is 5.98. The zero-order valence-corrected chi connectivity index (χ0v) is 14.2. The van der Waals surface area contributed by atoms with E-state index in [4.69, 9.17) is 9.47 Å². The van der Waals surface area contributed by atoms with Crippen LogP contribution >= 0.6 is 0 Å². The molecular weight excluding hydrogens is 310 g/mol. The number of aliphatic carboxylic acids is 1. The maximum atomic E-state index is 12.4. The molecule has 1 aliphatic rings. The molecule has 2 rings (SSSR count). The summed E-state index contributed by atoms with van der Waals surface area (Å²) in [6, 6.07) is 6.76. The molecule has 6 nitrogen and oxygen atoms in total. The van der Waals surface area contributed by atoms with Gasteiger partial charge in [0.25, 0.3) is 5.91 Å². The normalized spacial score (nSPS) is 19.5. The van der Waals surface area contributed by atoms with Gasteiger partial charge in [0.15, 0.2) is 0 Å². The minimum absolute atomic E-state index is 0.0994. The first-order valence-electron chi connectivity index (χ1n) is 8.35. The molecule has 2 atom stereocenters. The van der Waals surface area contributed by atoms with E-state index in [-0.39, 0.29) is 6.10 Å². The number of hydrogen-bond acceptors (Lipinski definition) is 4. The van der Waals surface area contributed by atoms with Crippen molar-refractivity contribution in [3.63, 3.8) is 0 Å². The van der Waals surface area contributed by atoms with Crippen molar-refractivity contribution < 1.29 is 24.2 Å². The van der Waals surface area contributed by atoms with Gasteiger partial charge in [0.05, 0.1) is 6.10 Å². The van der Waals surface area contributed by atoms with E-state index in [0.29, 0.717) is 30.8 Å². The number of carbonyl (C=O) groups is 2. The number of carboxylic acids is 1. The number of carboxylic acid groups (broad SMARTS) is 1. The number of rotatable bonds is 8. The lowest BCUT2D eigenvalue weighted by molar-refractivity contribution is -0.144. The molecule has 6 heteroatoms. The molecule has 1 aromatic carbocycles. The maximum absolute atomic E-state index is 12.4. The van der Waals surface area contributed by atoms with E-state index in [9.17, 15) is 14.7 Å². The zero-order valence-electron chi connectivity index (χ0n) is 14.2. The molecular formula is C18H25NO5. The Morgan fingerprint density at radius 2 is 2.25 bits per heavy atom. The van der Waals surface area contributed by atoms with Gasteiger partial charge in [0.2, 0.25) is 0 Å². The highest BCUT2D eigenvalue weighted by Crippen LogP contribution is 2.19. The van der Waals surface area contributed by atoms with Gasteiger partial charge in [-0.25, -0.2) is 4.79 Å². The number of benzene rings is 1. The molecule has 1 fully saturated rings. The lowest BCUT2D eigenvalue weighted by atomic mass is 9.95. The van der Waals surface area contributed by atoms with Crippen molar-refractivity contribution in [3.8, 4) is 5.75 Å². The van der Waals surface area contributed by atoms with Gasteiger partial charge >= 0.3 is 5.97 Å². The Labute approximate surface area is 142 Å². The van der Waals surface area contributed by atoms with E-state index in [1.807, 2.05) is 6.92 Å². The molecule has 132 valence electrons. The van der Waals surface area contributed by atoms with Crippen molar-refractivity contribution in [3.05, 3.63) is 29.8 Å². The second-order valence-electron chi connectivity index (χ2n) is 6.32. The van der Waals surface area contributed by atoms with Crippen LogP contribution in [0.2, 0.25) is 0 Å². The molecule has 2 N–H and O–H groups in total. The molecule has 0 bridgehead atoms. The maximum Gasteiger partial charge on any atom is 0.329 e. The third-order valence-corrected chi connectivity index (χ3v) is 4.17. The van der Waals surface area contributed by atoms with Crippen molar-refractivity contribution in [2.45, 2.75) is 51.2 Å². The van der Waals surface area contributed by atoms with Crippen LogP contribution in [0.4, 0.5) is 0 Å². The molecule has 1 amide bonds. The van der Waals surface area contributed by atoms with Gasteiger partial charge in [0.1, 0.15) is 17.9 Å². The number of nitrogens with one attached hydrogen (secondary N) is 1. The molecule has 0 aromatic heterocycles. The highest BCUT2D eigenvalue weighted by atomic mass is 16.5. The monoisotopic (exact) mass is 335 g/mol. The summed E-state index contributed by atoms with van der Waals surface area (Å²) in [5, 5.41) is 12.0. The average Bonchev–Trinajstić information content (AvgIpc) is 3.06. The van der Waals surface area contributed by atoms with E-state index >= 15 is 0 Å². The Kier molecular flexibility index (Phi) is 6.20. The first-order chi connectivity index (χ1) is 11.4.